The van der Waals surface area contributed by atoms with Crippen LogP contribution < -0.4 is 14.8 Å². The molecule has 7 nitrogen and oxygen atoms in total. The first-order valence-electron chi connectivity index (χ1n) is 11.1. The smallest absolute Gasteiger partial charge is 0.313 e. The van der Waals surface area contributed by atoms with E-state index in [1.807, 2.05) is 24.3 Å². The summed E-state index contributed by atoms with van der Waals surface area (Å²) in [4.78, 5) is 39.2. The van der Waals surface area contributed by atoms with E-state index >= 15 is 0 Å². The van der Waals surface area contributed by atoms with Gasteiger partial charge in [-0.05, 0) is 53.9 Å². The highest BCUT2D eigenvalue weighted by Gasteiger charge is 2.31. The molecule has 1 unspecified atom stereocenters. The first-order chi connectivity index (χ1) is 16.5. The quantitative estimate of drug-likeness (QED) is 0.438. The van der Waals surface area contributed by atoms with Crippen LogP contribution in [0.2, 0.25) is 0 Å². The van der Waals surface area contributed by atoms with Gasteiger partial charge in [0.15, 0.2) is 0 Å². The molecule has 0 bridgehead atoms. The van der Waals surface area contributed by atoms with Crippen LogP contribution in [0.1, 0.15) is 40.9 Å². The number of benzene rings is 3. The van der Waals surface area contributed by atoms with E-state index < -0.39 is 5.97 Å². The van der Waals surface area contributed by atoms with Gasteiger partial charge in [0, 0.05) is 19.2 Å². The van der Waals surface area contributed by atoms with Crippen LogP contribution in [0.4, 0.5) is 5.69 Å². The second kappa shape index (κ2) is 10.2. The van der Waals surface area contributed by atoms with Gasteiger partial charge in [-0.1, -0.05) is 36.4 Å². The zero-order valence-corrected chi connectivity index (χ0v) is 19.1. The number of carbonyl (C=O) groups is 3. The molecule has 174 valence electrons. The Morgan fingerprint density at radius 3 is 2.41 bits per heavy atom. The second-order valence-corrected chi connectivity index (χ2v) is 8.03. The third kappa shape index (κ3) is 5.09. The van der Waals surface area contributed by atoms with Gasteiger partial charge < -0.3 is 19.7 Å². The average molecular weight is 459 g/mol. The Kier molecular flexibility index (Phi) is 6.92. The van der Waals surface area contributed by atoms with E-state index in [0.29, 0.717) is 29.3 Å². The molecule has 0 saturated heterocycles. The van der Waals surface area contributed by atoms with E-state index in [0.717, 1.165) is 17.5 Å². The fourth-order valence-corrected chi connectivity index (χ4v) is 4.22. The Balaban J connectivity index is 1.41. The number of amides is 2. The molecule has 1 aliphatic heterocycles. The number of anilines is 1. The van der Waals surface area contributed by atoms with E-state index in [-0.39, 0.29) is 24.3 Å². The highest BCUT2D eigenvalue weighted by molar-refractivity contribution is 6.06. The summed E-state index contributed by atoms with van der Waals surface area (Å²) < 4.78 is 10.8. The minimum Gasteiger partial charge on any atom is -0.496 e. The van der Waals surface area contributed by atoms with Crippen LogP contribution in [0.25, 0.3) is 0 Å². The fourth-order valence-electron chi connectivity index (χ4n) is 4.22. The van der Waals surface area contributed by atoms with Crippen LogP contribution in [0.3, 0.4) is 0 Å². The maximum absolute atomic E-state index is 12.7. The zero-order valence-electron chi connectivity index (χ0n) is 19.1. The lowest BCUT2D eigenvalue weighted by Crippen LogP contribution is -2.40. The molecular formula is C27H26N2O5. The highest BCUT2D eigenvalue weighted by Crippen LogP contribution is 2.33. The summed E-state index contributed by atoms with van der Waals surface area (Å²) in [6.45, 7) is 2.09. The predicted octanol–water partition coefficient (Wildman–Crippen LogP) is 4.39. The summed E-state index contributed by atoms with van der Waals surface area (Å²) in [5, 5.41) is 2.80. The van der Waals surface area contributed by atoms with Crippen molar-refractivity contribution in [2.75, 3.05) is 19.0 Å². The molecule has 1 heterocycles. The monoisotopic (exact) mass is 458 g/mol. The van der Waals surface area contributed by atoms with Gasteiger partial charge in [0.2, 0.25) is 5.91 Å². The van der Waals surface area contributed by atoms with Crippen molar-refractivity contribution in [3.05, 3.63) is 89.5 Å². The third-order valence-electron chi connectivity index (χ3n) is 5.87. The Bertz CT molecular complexity index is 1210. The number of esters is 1. The Morgan fingerprint density at radius 2 is 1.68 bits per heavy atom. The molecule has 4 rings (SSSR count). The molecule has 0 radical (unpaired) electrons. The Morgan fingerprint density at radius 1 is 0.971 bits per heavy atom. The third-order valence-corrected chi connectivity index (χ3v) is 5.87. The molecule has 7 heteroatoms. The van der Waals surface area contributed by atoms with Crippen LogP contribution >= 0.6 is 0 Å². The maximum atomic E-state index is 12.7. The van der Waals surface area contributed by atoms with Crippen molar-refractivity contribution < 1.29 is 23.9 Å². The van der Waals surface area contributed by atoms with E-state index in [4.69, 9.17) is 9.47 Å². The first kappa shape index (κ1) is 23.0. The van der Waals surface area contributed by atoms with E-state index in [1.165, 1.54) is 14.0 Å². The topological polar surface area (TPSA) is 84.9 Å². The number of rotatable bonds is 6. The summed E-state index contributed by atoms with van der Waals surface area (Å²) in [7, 11) is 1.51. The van der Waals surface area contributed by atoms with Gasteiger partial charge in [-0.25, -0.2) is 0 Å². The van der Waals surface area contributed by atoms with Crippen LogP contribution in [-0.4, -0.2) is 36.3 Å². The standard InChI is InChI=1S/C27H26N2O5/c1-18(30)29-16-15-19-7-3-4-8-22(19)24(29)17-26(31)34-21-13-11-20(12-14-21)28-27(32)23-9-5-6-10-25(23)33-2/h3-14,24H,15-17H2,1-2H3,(H,28,32). The van der Waals surface area contributed by atoms with Crippen LogP contribution in [0, 0.1) is 0 Å². The van der Waals surface area contributed by atoms with Gasteiger partial charge in [0.25, 0.3) is 5.91 Å². The molecule has 2 amide bonds. The largest absolute Gasteiger partial charge is 0.496 e. The molecule has 34 heavy (non-hydrogen) atoms. The minimum atomic E-state index is -0.432. The Hall–Kier alpha value is -4.13. The summed E-state index contributed by atoms with van der Waals surface area (Å²) in [6.07, 6.45) is 0.826. The first-order valence-corrected chi connectivity index (χ1v) is 11.1. The van der Waals surface area contributed by atoms with Crippen LogP contribution in [0.5, 0.6) is 11.5 Å². The summed E-state index contributed by atoms with van der Waals surface area (Å²) in [5.74, 6) is 0.0388. The molecule has 0 spiro atoms. The van der Waals surface area contributed by atoms with Crippen molar-refractivity contribution in [2.24, 2.45) is 0 Å². The number of nitrogens with zero attached hydrogens (tertiary/aromatic N) is 1. The number of para-hydroxylation sites is 1. The molecule has 1 atom stereocenters. The van der Waals surface area contributed by atoms with Crippen molar-refractivity contribution in [3.63, 3.8) is 0 Å². The van der Waals surface area contributed by atoms with Gasteiger partial charge in [-0.2, -0.15) is 0 Å². The molecule has 0 saturated carbocycles. The van der Waals surface area contributed by atoms with Gasteiger partial charge in [-0.3, -0.25) is 14.4 Å². The molecule has 1 N–H and O–H groups in total. The number of nitrogens with one attached hydrogen (secondary N) is 1. The highest BCUT2D eigenvalue weighted by atomic mass is 16.5. The Labute approximate surface area is 198 Å². The second-order valence-electron chi connectivity index (χ2n) is 8.03. The van der Waals surface area contributed by atoms with Crippen LogP contribution in [0.15, 0.2) is 72.8 Å². The lowest BCUT2D eigenvalue weighted by molar-refractivity contribution is -0.138. The van der Waals surface area contributed by atoms with Crippen molar-refractivity contribution in [1.82, 2.24) is 4.90 Å². The summed E-state index contributed by atoms with van der Waals surface area (Å²) in [5.41, 5.74) is 3.10. The molecule has 1 aliphatic rings. The van der Waals surface area contributed by atoms with Crippen molar-refractivity contribution in [3.8, 4) is 11.5 Å². The van der Waals surface area contributed by atoms with Crippen molar-refractivity contribution in [1.29, 1.82) is 0 Å². The van der Waals surface area contributed by atoms with Crippen LogP contribution in [-0.2, 0) is 16.0 Å². The van der Waals surface area contributed by atoms with Crippen molar-refractivity contribution in [2.45, 2.75) is 25.8 Å². The van der Waals surface area contributed by atoms with Gasteiger partial charge in [0.05, 0.1) is 25.1 Å². The van der Waals surface area contributed by atoms with E-state index in [2.05, 4.69) is 5.32 Å². The number of ether oxygens (including phenoxy) is 2. The van der Waals surface area contributed by atoms with Gasteiger partial charge in [0.1, 0.15) is 11.5 Å². The lowest BCUT2D eigenvalue weighted by atomic mass is 9.90. The number of hydrogen-bond acceptors (Lipinski definition) is 5. The van der Waals surface area contributed by atoms with Gasteiger partial charge >= 0.3 is 5.97 Å². The average Bonchev–Trinajstić information content (AvgIpc) is 2.85. The summed E-state index contributed by atoms with van der Waals surface area (Å²) in [6, 6.07) is 21.0. The number of fused-ring (bicyclic) bond motifs is 1. The normalized spacial score (nSPS) is 14.6. The molecular weight excluding hydrogens is 432 g/mol. The van der Waals surface area contributed by atoms with E-state index in [1.54, 1.807) is 53.4 Å². The fraction of sp³-hybridized carbons (Fsp3) is 0.222. The molecule has 0 aromatic heterocycles. The summed E-state index contributed by atoms with van der Waals surface area (Å²) >= 11 is 0. The number of hydrogen-bond donors (Lipinski definition) is 1. The minimum absolute atomic E-state index is 0.0584. The zero-order chi connectivity index (χ0) is 24.1. The van der Waals surface area contributed by atoms with Crippen molar-refractivity contribution >= 4 is 23.5 Å². The predicted molar refractivity (Wildman–Crippen MR) is 128 cm³/mol. The van der Waals surface area contributed by atoms with E-state index in [9.17, 15) is 14.4 Å². The molecule has 3 aromatic rings. The number of carbonyl (C=O) groups excluding carboxylic acids is 3. The van der Waals surface area contributed by atoms with Gasteiger partial charge in [-0.15, -0.1) is 0 Å². The molecule has 0 fully saturated rings. The lowest BCUT2D eigenvalue weighted by Gasteiger charge is -2.36. The number of methoxy groups -OCH3 is 1. The SMILES string of the molecule is COc1ccccc1C(=O)Nc1ccc(OC(=O)CC2c3ccccc3CCN2C(C)=O)cc1. The maximum Gasteiger partial charge on any atom is 0.313 e. The molecule has 3 aromatic carbocycles. The molecule has 0 aliphatic carbocycles.